The summed E-state index contributed by atoms with van der Waals surface area (Å²) in [7, 11) is 0. The van der Waals surface area contributed by atoms with Gasteiger partial charge in [-0.3, -0.25) is 0 Å². The zero-order valence-electron chi connectivity index (χ0n) is 8.97. The summed E-state index contributed by atoms with van der Waals surface area (Å²) in [5, 5.41) is 6.25. The van der Waals surface area contributed by atoms with Crippen molar-refractivity contribution in [1.29, 1.82) is 5.26 Å². The Kier molecular flexibility index (Phi) is 7.73. The Bertz CT molecular complexity index is 129. The van der Waals surface area contributed by atoms with E-state index < -0.39 is 0 Å². The van der Waals surface area contributed by atoms with Gasteiger partial charge in [-0.05, 0) is 26.2 Å². The second-order valence-corrected chi connectivity index (χ2v) is 3.85. The van der Waals surface area contributed by atoms with Gasteiger partial charge in [0.05, 0.1) is 19.6 Å². The Morgan fingerprint density at radius 3 is 2.62 bits per heavy atom. The van der Waals surface area contributed by atoms with Crippen LogP contribution in [0.5, 0.6) is 0 Å². The summed E-state index contributed by atoms with van der Waals surface area (Å²) in [5.41, 5.74) is 0. The SMILES string of the molecule is CCCC1CCC[NH+](CC)C1.[C-]#N. The number of nitrogens with one attached hydrogen (secondary N) is 1. The van der Waals surface area contributed by atoms with Gasteiger partial charge in [0.2, 0.25) is 0 Å². The van der Waals surface area contributed by atoms with Crippen molar-refractivity contribution in [2.24, 2.45) is 5.92 Å². The van der Waals surface area contributed by atoms with Crippen LogP contribution in [0.1, 0.15) is 39.5 Å². The first-order valence-corrected chi connectivity index (χ1v) is 5.42. The molecule has 1 aliphatic heterocycles. The molecule has 0 bridgehead atoms. The number of hydrogen-bond donors (Lipinski definition) is 1. The van der Waals surface area contributed by atoms with Crippen molar-refractivity contribution in [2.75, 3.05) is 19.6 Å². The second-order valence-electron chi connectivity index (χ2n) is 3.85. The summed E-state index contributed by atoms with van der Waals surface area (Å²) in [6.45, 7) is 13.6. The van der Waals surface area contributed by atoms with Gasteiger partial charge in [0.1, 0.15) is 0 Å². The van der Waals surface area contributed by atoms with Gasteiger partial charge in [0.25, 0.3) is 0 Å². The van der Waals surface area contributed by atoms with Crippen LogP contribution in [-0.2, 0) is 0 Å². The molecule has 0 saturated carbocycles. The number of quaternary nitrogens is 1. The number of rotatable bonds is 3. The second kappa shape index (κ2) is 8.07. The lowest BCUT2D eigenvalue weighted by Gasteiger charge is -2.28. The predicted octanol–water partition coefficient (Wildman–Crippen LogP) is 1.20. The fraction of sp³-hybridized carbons (Fsp3) is 0.909. The van der Waals surface area contributed by atoms with Gasteiger partial charge in [-0.2, -0.15) is 0 Å². The predicted molar refractivity (Wildman–Crippen MR) is 53.8 cm³/mol. The standard InChI is InChI=1S/C10H21N.CN/c1-3-6-10-7-5-8-11(4-2)9-10;1-2/h10H,3-9H2,1-2H3;/q;-1/p+1. The van der Waals surface area contributed by atoms with Crippen molar-refractivity contribution >= 4 is 0 Å². The first kappa shape index (κ1) is 12.4. The Morgan fingerprint density at radius 1 is 1.38 bits per heavy atom. The van der Waals surface area contributed by atoms with Gasteiger partial charge >= 0.3 is 0 Å². The zero-order valence-corrected chi connectivity index (χ0v) is 8.97. The van der Waals surface area contributed by atoms with Crippen LogP contribution in [-0.4, -0.2) is 19.6 Å². The molecule has 0 aromatic heterocycles. The topological polar surface area (TPSA) is 28.2 Å². The minimum absolute atomic E-state index is 1.05. The van der Waals surface area contributed by atoms with E-state index in [0.717, 1.165) is 5.92 Å². The highest BCUT2D eigenvalue weighted by molar-refractivity contribution is 4.60. The molecule has 1 saturated heterocycles. The van der Waals surface area contributed by atoms with Crippen molar-refractivity contribution in [1.82, 2.24) is 0 Å². The molecular weight excluding hydrogens is 160 g/mol. The summed E-state index contributed by atoms with van der Waals surface area (Å²) in [6, 6.07) is 0. The van der Waals surface area contributed by atoms with E-state index in [1.54, 1.807) is 0 Å². The van der Waals surface area contributed by atoms with Gasteiger partial charge in [0.15, 0.2) is 0 Å². The van der Waals surface area contributed by atoms with Gasteiger partial charge in [-0.15, -0.1) is 0 Å². The molecule has 1 fully saturated rings. The molecule has 0 spiro atoms. The minimum Gasteiger partial charge on any atom is -0.512 e. The Balaban J connectivity index is 0.000000671. The number of likely N-dealkylation sites (tertiary alicyclic amines) is 1. The fourth-order valence-corrected chi connectivity index (χ4v) is 2.23. The lowest BCUT2D eigenvalue weighted by Crippen LogP contribution is -3.13. The Hall–Kier alpha value is -0.550. The molecule has 0 aliphatic carbocycles. The number of nitrogens with zero attached hydrogens (tertiary/aromatic N) is 1. The summed E-state index contributed by atoms with van der Waals surface area (Å²) in [6.07, 6.45) is 5.80. The van der Waals surface area contributed by atoms with Crippen LogP contribution in [0.25, 0.3) is 0 Å². The van der Waals surface area contributed by atoms with E-state index in [-0.39, 0.29) is 0 Å². The van der Waals surface area contributed by atoms with Crippen LogP contribution in [0.2, 0.25) is 0 Å². The molecular formula is C11H22N2. The molecule has 0 aromatic rings. The molecule has 13 heavy (non-hydrogen) atoms. The molecule has 2 atom stereocenters. The van der Waals surface area contributed by atoms with E-state index in [4.69, 9.17) is 11.8 Å². The van der Waals surface area contributed by atoms with Gasteiger partial charge < -0.3 is 16.7 Å². The minimum atomic E-state index is 1.05. The molecule has 0 aromatic carbocycles. The van der Waals surface area contributed by atoms with Crippen LogP contribution in [0.15, 0.2) is 0 Å². The molecule has 1 heterocycles. The lowest BCUT2D eigenvalue weighted by molar-refractivity contribution is -0.907. The van der Waals surface area contributed by atoms with Gasteiger partial charge in [0, 0.05) is 5.92 Å². The first-order chi connectivity index (χ1) is 6.36. The van der Waals surface area contributed by atoms with Crippen molar-refractivity contribution in [3.63, 3.8) is 0 Å². The van der Waals surface area contributed by atoms with Crippen LogP contribution in [0.4, 0.5) is 0 Å². The van der Waals surface area contributed by atoms with Crippen LogP contribution >= 0.6 is 0 Å². The maximum Gasteiger partial charge on any atom is 0.0799 e. The van der Waals surface area contributed by atoms with Crippen LogP contribution in [0, 0.1) is 17.8 Å². The smallest absolute Gasteiger partial charge is 0.0799 e. The molecule has 1 N–H and O–H groups in total. The zero-order chi connectivity index (χ0) is 10.1. The molecule has 0 radical (unpaired) electrons. The van der Waals surface area contributed by atoms with E-state index in [9.17, 15) is 0 Å². The molecule has 1 aliphatic rings. The summed E-state index contributed by atoms with van der Waals surface area (Å²) < 4.78 is 0. The summed E-state index contributed by atoms with van der Waals surface area (Å²) >= 11 is 0. The van der Waals surface area contributed by atoms with Crippen molar-refractivity contribution in [2.45, 2.75) is 39.5 Å². The third-order valence-electron chi connectivity index (χ3n) is 2.92. The quantitative estimate of drug-likeness (QED) is 0.653. The fourth-order valence-electron chi connectivity index (χ4n) is 2.23. The lowest BCUT2D eigenvalue weighted by atomic mass is 9.94. The van der Waals surface area contributed by atoms with E-state index >= 15 is 0 Å². The molecule has 76 valence electrons. The van der Waals surface area contributed by atoms with Crippen LogP contribution < -0.4 is 4.90 Å². The normalized spacial score (nSPS) is 27.4. The third kappa shape index (κ3) is 4.90. The highest BCUT2D eigenvalue weighted by Crippen LogP contribution is 2.13. The van der Waals surface area contributed by atoms with E-state index in [0.29, 0.717) is 0 Å². The highest BCUT2D eigenvalue weighted by Gasteiger charge is 2.20. The monoisotopic (exact) mass is 182 g/mol. The van der Waals surface area contributed by atoms with E-state index in [1.807, 2.05) is 4.90 Å². The summed E-state index contributed by atoms with van der Waals surface area (Å²) in [4.78, 5) is 1.83. The third-order valence-corrected chi connectivity index (χ3v) is 2.92. The molecule has 2 nitrogen and oxygen atoms in total. The maximum atomic E-state index is 6.25. The molecule has 2 unspecified atom stereocenters. The molecule has 2 heteroatoms. The van der Waals surface area contributed by atoms with Gasteiger partial charge in [-0.1, -0.05) is 13.3 Å². The average Bonchev–Trinajstić information content (AvgIpc) is 2.22. The van der Waals surface area contributed by atoms with Gasteiger partial charge in [-0.25, -0.2) is 0 Å². The Morgan fingerprint density at radius 2 is 2.08 bits per heavy atom. The highest BCUT2D eigenvalue weighted by atomic mass is 15.1. The summed E-state index contributed by atoms with van der Waals surface area (Å²) in [5.74, 6) is 1.05. The van der Waals surface area contributed by atoms with Crippen molar-refractivity contribution in [3.05, 3.63) is 6.57 Å². The van der Waals surface area contributed by atoms with Crippen molar-refractivity contribution < 1.29 is 4.90 Å². The molecule has 0 amide bonds. The van der Waals surface area contributed by atoms with Crippen LogP contribution in [0.3, 0.4) is 0 Å². The van der Waals surface area contributed by atoms with E-state index in [2.05, 4.69) is 13.8 Å². The maximum absolute atomic E-state index is 6.25. The average molecular weight is 182 g/mol. The number of piperidine rings is 1. The van der Waals surface area contributed by atoms with Crippen molar-refractivity contribution in [3.8, 4) is 0 Å². The van der Waals surface area contributed by atoms with E-state index in [1.165, 1.54) is 45.3 Å². The molecule has 1 rings (SSSR count). The first-order valence-electron chi connectivity index (χ1n) is 5.42. The Labute approximate surface area is 82.5 Å². The number of hydrogen-bond acceptors (Lipinski definition) is 1. The largest absolute Gasteiger partial charge is 0.512 e.